The van der Waals surface area contributed by atoms with Gasteiger partial charge in [-0.3, -0.25) is 4.79 Å². The Hall–Kier alpha value is -1.33. The second kappa shape index (κ2) is 5.58. The summed E-state index contributed by atoms with van der Waals surface area (Å²) in [5.41, 5.74) is 0.531. The van der Waals surface area contributed by atoms with Crippen LogP contribution in [0.15, 0.2) is 12.1 Å². The molecule has 6 heteroatoms. The smallest absolute Gasteiger partial charge is 0.251 e. The first kappa shape index (κ1) is 13.6. The maximum atomic E-state index is 12.3. The van der Waals surface area contributed by atoms with Crippen LogP contribution in [0.25, 0.3) is 0 Å². The summed E-state index contributed by atoms with van der Waals surface area (Å²) in [7, 11) is 0. The van der Waals surface area contributed by atoms with Crippen molar-refractivity contribution in [3.05, 3.63) is 22.8 Å². The minimum atomic E-state index is -0.116. The molecule has 2 saturated heterocycles. The largest absolute Gasteiger partial charge is 0.373 e. The molecule has 1 aromatic rings. The lowest BCUT2D eigenvalue weighted by molar-refractivity contribution is 0.0841. The molecule has 3 atom stereocenters. The Bertz CT molecular complexity index is 523. The zero-order chi connectivity index (χ0) is 14.1. The third-order valence-electron chi connectivity index (χ3n) is 3.84. The Kier molecular flexibility index (Phi) is 3.81. The number of pyridine rings is 1. The number of amides is 1. The summed E-state index contributed by atoms with van der Waals surface area (Å²) in [4.78, 5) is 16.4. The summed E-state index contributed by atoms with van der Waals surface area (Å²) in [5, 5.41) is 6.43. The van der Waals surface area contributed by atoms with E-state index in [1.807, 2.05) is 6.92 Å². The lowest BCUT2D eigenvalue weighted by Gasteiger charge is -2.20. The normalized spacial score (nSPS) is 27.6. The fourth-order valence-electron chi connectivity index (χ4n) is 2.94. The molecule has 3 unspecified atom stereocenters. The van der Waals surface area contributed by atoms with Crippen LogP contribution in [0.5, 0.6) is 0 Å². The van der Waals surface area contributed by atoms with Gasteiger partial charge in [0.15, 0.2) is 0 Å². The van der Waals surface area contributed by atoms with Crippen LogP contribution in [-0.4, -0.2) is 35.7 Å². The van der Waals surface area contributed by atoms with Crippen molar-refractivity contribution >= 4 is 23.3 Å². The Labute approximate surface area is 123 Å². The highest BCUT2D eigenvalue weighted by atomic mass is 35.5. The number of rotatable bonds is 4. The van der Waals surface area contributed by atoms with Crippen LogP contribution in [0.2, 0.25) is 5.15 Å². The standard InChI is InChI=1S/C14H18ClN3O2/c1-2-16-13-6-8(5-12(15)18-13)14(19)17-10-7-9-3-4-11(10)20-9/h5-6,9-11H,2-4,7H2,1H3,(H,16,18)(H,17,19). The molecule has 0 radical (unpaired) electrons. The van der Waals surface area contributed by atoms with Crippen LogP contribution in [-0.2, 0) is 4.74 Å². The number of halogens is 1. The maximum Gasteiger partial charge on any atom is 0.251 e. The van der Waals surface area contributed by atoms with Crippen molar-refractivity contribution in [3.8, 4) is 0 Å². The zero-order valence-corrected chi connectivity index (χ0v) is 12.1. The minimum absolute atomic E-state index is 0.116. The van der Waals surface area contributed by atoms with E-state index in [1.54, 1.807) is 12.1 Å². The maximum absolute atomic E-state index is 12.3. The third-order valence-corrected chi connectivity index (χ3v) is 4.03. The summed E-state index contributed by atoms with van der Waals surface area (Å²) < 4.78 is 5.74. The number of ether oxygens (including phenoxy) is 1. The van der Waals surface area contributed by atoms with Crippen LogP contribution in [0, 0.1) is 0 Å². The van der Waals surface area contributed by atoms with Gasteiger partial charge in [0.2, 0.25) is 0 Å². The predicted octanol–water partition coefficient (Wildman–Crippen LogP) is 2.22. The molecular formula is C14H18ClN3O2. The van der Waals surface area contributed by atoms with Gasteiger partial charge in [0.1, 0.15) is 11.0 Å². The highest BCUT2D eigenvalue weighted by Crippen LogP contribution is 2.34. The SMILES string of the molecule is CCNc1cc(C(=O)NC2CC3CCC2O3)cc(Cl)n1. The summed E-state index contributed by atoms with van der Waals surface area (Å²) in [6.07, 6.45) is 3.56. The van der Waals surface area contributed by atoms with E-state index in [9.17, 15) is 4.79 Å². The molecule has 0 aromatic carbocycles. The summed E-state index contributed by atoms with van der Waals surface area (Å²) in [6.45, 7) is 2.70. The Morgan fingerprint density at radius 3 is 3.00 bits per heavy atom. The number of anilines is 1. The fraction of sp³-hybridized carbons (Fsp3) is 0.571. The average molecular weight is 296 g/mol. The van der Waals surface area contributed by atoms with E-state index in [0.29, 0.717) is 22.6 Å². The van der Waals surface area contributed by atoms with E-state index in [2.05, 4.69) is 15.6 Å². The van der Waals surface area contributed by atoms with E-state index in [0.717, 1.165) is 25.8 Å². The van der Waals surface area contributed by atoms with Crippen LogP contribution < -0.4 is 10.6 Å². The van der Waals surface area contributed by atoms with Crippen LogP contribution >= 0.6 is 11.6 Å². The molecule has 2 N–H and O–H groups in total. The predicted molar refractivity (Wildman–Crippen MR) is 77.2 cm³/mol. The molecule has 20 heavy (non-hydrogen) atoms. The molecule has 2 aliphatic heterocycles. The van der Waals surface area contributed by atoms with Crippen molar-refractivity contribution in [2.75, 3.05) is 11.9 Å². The van der Waals surface area contributed by atoms with E-state index in [-0.39, 0.29) is 18.1 Å². The molecule has 2 aliphatic rings. The Morgan fingerprint density at radius 1 is 1.50 bits per heavy atom. The number of carbonyl (C=O) groups is 1. The number of aromatic nitrogens is 1. The lowest BCUT2D eigenvalue weighted by atomic mass is 9.95. The monoisotopic (exact) mass is 295 g/mol. The third kappa shape index (κ3) is 2.74. The summed E-state index contributed by atoms with van der Waals surface area (Å²) >= 11 is 5.95. The number of nitrogens with one attached hydrogen (secondary N) is 2. The van der Waals surface area contributed by atoms with E-state index >= 15 is 0 Å². The summed E-state index contributed by atoms with van der Waals surface area (Å²) in [5.74, 6) is 0.504. The molecule has 0 spiro atoms. The first-order valence-corrected chi connectivity index (χ1v) is 7.41. The average Bonchev–Trinajstić information content (AvgIpc) is 3.00. The van der Waals surface area contributed by atoms with E-state index < -0.39 is 0 Å². The highest BCUT2D eigenvalue weighted by molar-refractivity contribution is 6.29. The zero-order valence-electron chi connectivity index (χ0n) is 11.4. The molecule has 0 aliphatic carbocycles. The molecule has 2 bridgehead atoms. The molecule has 1 aromatic heterocycles. The number of hydrogen-bond acceptors (Lipinski definition) is 4. The van der Waals surface area contributed by atoms with Gasteiger partial charge in [-0.25, -0.2) is 4.98 Å². The van der Waals surface area contributed by atoms with Gasteiger partial charge in [-0.2, -0.15) is 0 Å². The van der Waals surface area contributed by atoms with Gasteiger partial charge >= 0.3 is 0 Å². The van der Waals surface area contributed by atoms with Crippen molar-refractivity contribution in [1.29, 1.82) is 0 Å². The molecule has 3 rings (SSSR count). The van der Waals surface area contributed by atoms with Crippen molar-refractivity contribution in [1.82, 2.24) is 10.3 Å². The topological polar surface area (TPSA) is 63.2 Å². The lowest BCUT2D eigenvalue weighted by Crippen LogP contribution is -2.41. The Balaban J connectivity index is 1.70. The number of hydrogen-bond donors (Lipinski definition) is 2. The molecule has 108 valence electrons. The van der Waals surface area contributed by atoms with E-state index in [4.69, 9.17) is 16.3 Å². The van der Waals surface area contributed by atoms with Crippen molar-refractivity contribution in [2.24, 2.45) is 0 Å². The quantitative estimate of drug-likeness (QED) is 0.836. The van der Waals surface area contributed by atoms with Gasteiger partial charge in [-0.1, -0.05) is 11.6 Å². The van der Waals surface area contributed by atoms with E-state index in [1.165, 1.54) is 0 Å². The molecule has 2 fully saturated rings. The number of carbonyl (C=O) groups excluding carboxylic acids is 1. The number of nitrogens with zero attached hydrogens (tertiary/aromatic N) is 1. The first-order chi connectivity index (χ1) is 9.65. The van der Waals surface area contributed by atoms with Crippen molar-refractivity contribution < 1.29 is 9.53 Å². The molecule has 5 nitrogen and oxygen atoms in total. The van der Waals surface area contributed by atoms with Crippen LogP contribution in [0.4, 0.5) is 5.82 Å². The highest BCUT2D eigenvalue weighted by Gasteiger charge is 2.41. The second-order valence-electron chi connectivity index (χ2n) is 5.28. The molecule has 3 heterocycles. The number of fused-ring (bicyclic) bond motifs is 2. The summed E-state index contributed by atoms with van der Waals surface area (Å²) in [6, 6.07) is 3.43. The van der Waals surface area contributed by atoms with Gasteiger partial charge in [0, 0.05) is 12.1 Å². The van der Waals surface area contributed by atoms with Gasteiger partial charge in [0.25, 0.3) is 5.91 Å². The Morgan fingerprint density at radius 2 is 2.35 bits per heavy atom. The van der Waals surface area contributed by atoms with Gasteiger partial charge < -0.3 is 15.4 Å². The van der Waals surface area contributed by atoms with Crippen molar-refractivity contribution in [2.45, 2.75) is 44.4 Å². The molecule has 1 amide bonds. The fourth-order valence-corrected chi connectivity index (χ4v) is 3.15. The van der Waals surface area contributed by atoms with Crippen LogP contribution in [0.3, 0.4) is 0 Å². The van der Waals surface area contributed by atoms with Crippen molar-refractivity contribution in [3.63, 3.8) is 0 Å². The van der Waals surface area contributed by atoms with Gasteiger partial charge in [-0.05, 0) is 38.3 Å². The first-order valence-electron chi connectivity index (χ1n) is 7.03. The molecular weight excluding hydrogens is 278 g/mol. The molecule has 0 saturated carbocycles. The second-order valence-corrected chi connectivity index (χ2v) is 5.67. The minimum Gasteiger partial charge on any atom is -0.373 e. The van der Waals surface area contributed by atoms with Crippen LogP contribution in [0.1, 0.15) is 36.5 Å². The van der Waals surface area contributed by atoms with Gasteiger partial charge in [-0.15, -0.1) is 0 Å². The van der Waals surface area contributed by atoms with Gasteiger partial charge in [0.05, 0.1) is 18.2 Å².